The van der Waals surface area contributed by atoms with Crippen molar-refractivity contribution in [2.45, 2.75) is 59.3 Å². The number of aryl methyl sites for hydroxylation is 1. The van der Waals surface area contributed by atoms with Crippen LogP contribution in [0.1, 0.15) is 58.4 Å². The van der Waals surface area contributed by atoms with Crippen molar-refractivity contribution in [1.82, 2.24) is 14.4 Å². The molecule has 0 atom stereocenters. The molecule has 0 radical (unpaired) electrons. The molecule has 4 nitrogen and oxygen atoms in total. The van der Waals surface area contributed by atoms with Gasteiger partial charge < -0.3 is 9.51 Å². The molecule has 47 heavy (non-hydrogen) atoms. The molecule has 0 spiro atoms. The third-order valence-corrected chi connectivity index (χ3v) is 9.23. The van der Waals surface area contributed by atoms with Crippen LogP contribution in [0.15, 0.2) is 116 Å². The first-order valence-electron chi connectivity index (χ1n) is 16.3. The molecular formula is C43H41N3O. The number of phenolic OH excluding ortho intramolecular Hbond substituents is 1. The molecular weight excluding hydrogens is 574 g/mol. The van der Waals surface area contributed by atoms with Crippen molar-refractivity contribution in [2.75, 3.05) is 0 Å². The Hall–Kier alpha value is -5.22. The van der Waals surface area contributed by atoms with Gasteiger partial charge in [-0.25, -0.2) is 4.98 Å². The monoisotopic (exact) mass is 615 g/mol. The second kappa shape index (κ2) is 11.2. The van der Waals surface area contributed by atoms with Crippen molar-refractivity contribution in [3.8, 4) is 50.5 Å². The van der Waals surface area contributed by atoms with Gasteiger partial charge in [0.05, 0.1) is 11.4 Å². The molecule has 0 bridgehead atoms. The minimum Gasteiger partial charge on any atom is -0.507 e. The molecule has 0 fully saturated rings. The number of aromatic hydroxyl groups is 1. The third-order valence-electron chi connectivity index (χ3n) is 9.23. The molecule has 4 heteroatoms. The van der Waals surface area contributed by atoms with Crippen LogP contribution in [-0.4, -0.2) is 19.5 Å². The Kier molecular flexibility index (Phi) is 7.28. The van der Waals surface area contributed by atoms with E-state index in [0.29, 0.717) is 5.75 Å². The van der Waals surface area contributed by atoms with E-state index in [-0.39, 0.29) is 10.8 Å². The zero-order valence-electron chi connectivity index (χ0n) is 28.3. The first-order chi connectivity index (χ1) is 22.4. The maximum atomic E-state index is 11.8. The fourth-order valence-electron chi connectivity index (χ4n) is 6.55. The standard InChI is InChI=1S/C43H41N3O/c1-27-38(36-25-33(42(2,3)4)26-37(40(36)47)43(5,6)7)45-41-35(18-13-21-46(27)41)31-22-30(28-14-9-8-10-15-28)23-32(24-31)39-34-17-12-11-16-29(34)19-20-44-39/h8-26,47H,1-7H3. The van der Waals surface area contributed by atoms with E-state index >= 15 is 0 Å². The Morgan fingerprint density at radius 1 is 0.617 bits per heavy atom. The Labute approximate surface area is 277 Å². The lowest BCUT2D eigenvalue weighted by atomic mass is 9.78. The number of nitrogens with zero attached hydrogens (tertiary/aromatic N) is 3. The summed E-state index contributed by atoms with van der Waals surface area (Å²) in [6.07, 6.45) is 3.95. The first kappa shape index (κ1) is 30.4. The Bertz CT molecular complexity index is 2280. The van der Waals surface area contributed by atoms with Crippen LogP contribution >= 0.6 is 0 Å². The van der Waals surface area contributed by atoms with E-state index in [1.54, 1.807) is 0 Å². The van der Waals surface area contributed by atoms with E-state index in [4.69, 9.17) is 9.97 Å². The average molecular weight is 616 g/mol. The van der Waals surface area contributed by atoms with Crippen molar-refractivity contribution >= 4 is 16.4 Å². The van der Waals surface area contributed by atoms with Gasteiger partial charge in [0, 0.05) is 45.7 Å². The molecule has 0 aliphatic carbocycles. The molecule has 0 aliphatic heterocycles. The van der Waals surface area contributed by atoms with Gasteiger partial charge in [-0.3, -0.25) is 4.98 Å². The first-order valence-corrected chi connectivity index (χ1v) is 16.3. The maximum Gasteiger partial charge on any atom is 0.145 e. The van der Waals surface area contributed by atoms with Gasteiger partial charge in [-0.1, -0.05) is 102 Å². The number of hydrogen-bond donors (Lipinski definition) is 1. The van der Waals surface area contributed by atoms with E-state index < -0.39 is 0 Å². The van der Waals surface area contributed by atoms with E-state index in [9.17, 15) is 5.11 Å². The Morgan fingerprint density at radius 3 is 2.06 bits per heavy atom. The quantitative estimate of drug-likeness (QED) is 0.214. The molecule has 4 aromatic carbocycles. The summed E-state index contributed by atoms with van der Waals surface area (Å²) in [5.41, 5.74) is 11.5. The molecule has 0 unspecified atom stereocenters. The van der Waals surface area contributed by atoms with Crippen LogP contribution in [0.2, 0.25) is 0 Å². The van der Waals surface area contributed by atoms with Crippen LogP contribution in [0, 0.1) is 6.92 Å². The molecule has 7 rings (SSSR count). The molecule has 234 valence electrons. The van der Waals surface area contributed by atoms with Gasteiger partial charge >= 0.3 is 0 Å². The van der Waals surface area contributed by atoms with Crippen molar-refractivity contribution < 1.29 is 5.11 Å². The highest BCUT2D eigenvalue weighted by atomic mass is 16.3. The van der Waals surface area contributed by atoms with Crippen LogP contribution in [-0.2, 0) is 10.8 Å². The van der Waals surface area contributed by atoms with E-state index in [0.717, 1.165) is 72.4 Å². The van der Waals surface area contributed by atoms with Crippen molar-refractivity contribution in [1.29, 1.82) is 0 Å². The zero-order chi connectivity index (χ0) is 33.1. The minimum absolute atomic E-state index is 0.0927. The van der Waals surface area contributed by atoms with Crippen LogP contribution < -0.4 is 0 Å². The fraction of sp³-hybridized carbons (Fsp3) is 0.209. The number of phenols is 1. The number of imidazole rings is 1. The summed E-state index contributed by atoms with van der Waals surface area (Å²) in [5, 5.41) is 14.0. The molecule has 1 N–H and O–H groups in total. The number of aromatic nitrogens is 3. The van der Waals surface area contributed by atoms with Crippen molar-refractivity contribution in [3.63, 3.8) is 0 Å². The second-order valence-electron chi connectivity index (χ2n) is 14.6. The van der Waals surface area contributed by atoms with Crippen LogP contribution in [0.3, 0.4) is 0 Å². The third kappa shape index (κ3) is 5.48. The molecule has 0 amide bonds. The van der Waals surface area contributed by atoms with Gasteiger partial charge in [-0.05, 0) is 87.9 Å². The SMILES string of the molecule is Cc1c(-c2cc(C(C)(C)C)cc(C(C)(C)C)c2O)nc2c(-c3cc(-c4ccccc4)cc(-c4nccc5ccccc45)c3)cccn12. The van der Waals surface area contributed by atoms with E-state index in [1.807, 2.05) is 12.3 Å². The summed E-state index contributed by atoms with van der Waals surface area (Å²) in [7, 11) is 0. The Balaban J connectivity index is 1.48. The van der Waals surface area contributed by atoms with Gasteiger partial charge in [-0.2, -0.15) is 0 Å². The highest BCUT2D eigenvalue weighted by molar-refractivity contribution is 5.97. The maximum absolute atomic E-state index is 11.8. The summed E-state index contributed by atoms with van der Waals surface area (Å²) in [6.45, 7) is 15.2. The topological polar surface area (TPSA) is 50.4 Å². The number of rotatable bonds is 4. The van der Waals surface area contributed by atoms with Gasteiger partial charge in [0.2, 0.25) is 0 Å². The van der Waals surface area contributed by atoms with Gasteiger partial charge in [0.15, 0.2) is 0 Å². The van der Waals surface area contributed by atoms with Crippen LogP contribution in [0.4, 0.5) is 0 Å². The average Bonchev–Trinajstić information content (AvgIpc) is 3.39. The van der Waals surface area contributed by atoms with Gasteiger partial charge in [0.25, 0.3) is 0 Å². The lowest BCUT2D eigenvalue weighted by Crippen LogP contribution is -2.17. The summed E-state index contributed by atoms with van der Waals surface area (Å²) in [6, 6.07) is 36.2. The number of fused-ring (bicyclic) bond motifs is 2. The predicted octanol–water partition coefficient (Wildman–Crippen LogP) is 11.2. The van der Waals surface area contributed by atoms with E-state index in [1.165, 1.54) is 5.56 Å². The number of benzene rings is 4. The zero-order valence-corrected chi connectivity index (χ0v) is 28.3. The smallest absolute Gasteiger partial charge is 0.145 e. The Morgan fingerprint density at radius 2 is 1.32 bits per heavy atom. The highest BCUT2D eigenvalue weighted by Crippen LogP contribution is 2.44. The summed E-state index contributed by atoms with van der Waals surface area (Å²) >= 11 is 0. The molecule has 0 saturated heterocycles. The van der Waals surface area contributed by atoms with Gasteiger partial charge in [-0.15, -0.1) is 0 Å². The van der Waals surface area contributed by atoms with Crippen molar-refractivity contribution in [3.05, 3.63) is 132 Å². The summed E-state index contributed by atoms with van der Waals surface area (Å²) < 4.78 is 2.15. The minimum atomic E-state index is -0.234. The normalized spacial score (nSPS) is 12.2. The lowest BCUT2D eigenvalue weighted by molar-refractivity contribution is 0.446. The molecule has 0 aliphatic rings. The summed E-state index contributed by atoms with van der Waals surface area (Å²) in [4.78, 5) is 10.2. The number of pyridine rings is 2. The lowest BCUT2D eigenvalue weighted by Gasteiger charge is -2.27. The van der Waals surface area contributed by atoms with Gasteiger partial charge in [0.1, 0.15) is 11.4 Å². The van der Waals surface area contributed by atoms with Crippen LogP contribution in [0.25, 0.3) is 61.2 Å². The molecule has 3 aromatic heterocycles. The largest absolute Gasteiger partial charge is 0.507 e. The van der Waals surface area contributed by atoms with Crippen LogP contribution in [0.5, 0.6) is 5.75 Å². The van der Waals surface area contributed by atoms with E-state index in [2.05, 4.69) is 156 Å². The molecule has 7 aromatic rings. The second-order valence-corrected chi connectivity index (χ2v) is 14.6. The molecule has 0 saturated carbocycles. The summed E-state index contributed by atoms with van der Waals surface area (Å²) in [5.74, 6) is 0.300. The fourth-order valence-corrected chi connectivity index (χ4v) is 6.55. The highest BCUT2D eigenvalue weighted by Gasteiger charge is 2.27. The van der Waals surface area contributed by atoms with Crippen molar-refractivity contribution in [2.24, 2.45) is 0 Å². The molecule has 3 heterocycles. The number of hydrogen-bond acceptors (Lipinski definition) is 3. The predicted molar refractivity (Wildman–Crippen MR) is 196 cm³/mol.